The van der Waals surface area contributed by atoms with Gasteiger partial charge in [-0.1, -0.05) is 41.2 Å². The van der Waals surface area contributed by atoms with Crippen molar-refractivity contribution >= 4 is 11.8 Å². The number of ketones is 1. The van der Waals surface area contributed by atoms with Crippen LogP contribution in [0.5, 0.6) is 0 Å². The van der Waals surface area contributed by atoms with Crippen LogP contribution in [0, 0.1) is 23.7 Å². The lowest BCUT2D eigenvalue weighted by Crippen LogP contribution is -2.55. The summed E-state index contributed by atoms with van der Waals surface area (Å²) >= 11 is 0. The Kier molecular flexibility index (Phi) is 8.05. The highest BCUT2D eigenvalue weighted by atomic mass is 16.6. The average molecular weight is 411 g/mol. The maximum Gasteiger partial charge on any atom is 0.334 e. The molecule has 166 valence electrons. The highest BCUT2D eigenvalue weighted by molar-refractivity contribution is 5.94. The van der Waals surface area contributed by atoms with Crippen LogP contribution in [0.1, 0.15) is 60.8 Å². The molecular weight excluding hydrogens is 372 g/mol. The van der Waals surface area contributed by atoms with Gasteiger partial charge in [0.05, 0.1) is 11.5 Å². The summed E-state index contributed by atoms with van der Waals surface area (Å²) in [6.07, 6.45) is -0.635. The van der Waals surface area contributed by atoms with Crippen molar-refractivity contribution < 1.29 is 28.9 Å². The molecule has 0 bridgehead atoms. The van der Waals surface area contributed by atoms with Crippen LogP contribution in [0.2, 0.25) is 0 Å². The molecule has 1 aliphatic heterocycles. The van der Waals surface area contributed by atoms with Crippen LogP contribution in [0.3, 0.4) is 0 Å². The highest BCUT2D eigenvalue weighted by Crippen LogP contribution is 2.41. The Labute approximate surface area is 175 Å². The van der Waals surface area contributed by atoms with Crippen LogP contribution >= 0.6 is 0 Å². The summed E-state index contributed by atoms with van der Waals surface area (Å²) < 4.78 is 17.8. The Bertz CT molecular complexity index is 608. The molecule has 6 atom stereocenters. The minimum atomic E-state index is -1.20. The lowest BCUT2D eigenvalue weighted by molar-refractivity contribution is -0.184. The number of hydrogen-bond acceptors (Lipinski definition) is 6. The van der Waals surface area contributed by atoms with E-state index in [2.05, 4.69) is 6.58 Å². The quantitative estimate of drug-likeness (QED) is 0.534. The lowest BCUT2D eigenvalue weighted by atomic mass is 9.76. The van der Waals surface area contributed by atoms with Gasteiger partial charge in [-0.2, -0.15) is 0 Å². The Morgan fingerprint density at radius 1 is 1.17 bits per heavy atom. The van der Waals surface area contributed by atoms with E-state index in [1.807, 2.05) is 34.6 Å². The first-order valence-corrected chi connectivity index (χ1v) is 10.8. The molecule has 29 heavy (non-hydrogen) atoms. The number of Topliss-reactive ketones (excluding diaryl/α,β-unsaturated/α-hetero) is 1. The molecule has 2 fully saturated rings. The number of rotatable bonds is 6. The van der Waals surface area contributed by atoms with Crippen molar-refractivity contribution in [3.63, 3.8) is 0 Å². The van der Waals surface area contributed by atoms with Gasteiger partial charge in [-0.3, -0.25) is 4.79 Å². The minimum Gasteiger partial charge on any atom is -0.455 e. The first kappa shape index (κ1) is 24.0. The van der Waals surface area contributed by atoms with E-state index in [-0.39, 0.29) is 29.1 Å². The summed E-state index contributed by atoms with van der Waals surface area (Å²) in [5, 5.41) is 11.3. The molecule has 1 saturated heterocycles. The third-order valence-corrected chi connectivity index (χ3v) is 5.80. The van der Waals surface area contributed by atoms with Gasteiger partial charge in [0.15, 0.2) is 5.78 Å². The molecule has 0 aromatic carbocycles. The average Bonchev–Trinajstić information content (AvgIpc) is 2.88. The van der Waals surface area contributed by atoms with E-state index in [1.54, 1.807) is 6.92 Å². The largest absolute Gasteiger partial charge is 0.455 e. The Hall–Kier alpha value is -1.24. The van der Waals surface area contributed by atoms with Crippen LogP contribution in [-0.2, 0) is 23.8 Å². The zero-order valence-corrected chi connectivity index (χ0v) is 18.8. The number of carbonyl (C=O) groups is 2. The Balaban J connectivity index is 2.48. The van der Waals surface area contributed by atoms with E-state index < -0.39 is 35.8 Å². The van der Waals surface area contributed by atoms with E-state index in [1.165, 1.54) is 0 Å². The zero-order chi connectivity index (χ0) is 21.9. The van der Waals surface area contributed by atoms with Gasteiger partial charge in [-0.25, -0.2) is 4.79 Å². The predicted molar refractivity (Wildman–Crippen MR) is 110 cm³/mol. The Morgan fingerprint density at radius 2 is 1.76 bits per heavy atom. The number of ether oxygens (including phenoxy) is 3. The summed E-state index contributed by atoms with van der Waals surface area (Å²) in [6, 6.07) is 0. The third kappa shape index (κ3) is 5.68. The molecule has 0 radical (unpaired) electrons. The summed E-state index contributed by atoms with van der Waals surface area (Å²) in [4.78, 5) is 25.7. The van der Waals surface area contributed by atoms with Crippen molar-refractivity contribution in [3.05, 3.63) is 12.2 Å². The van der Waals surface area contributed by atoms with Crippen molar-refractivity contribution in [3.8, 4) is 0 Å². The molecule has 6 unspecified atom stereocenters. The van der Waals surface area contributed by atoms with Gasteiger partial charge < -0.3 is 19.3 Å². The van der Waals surface area contributed by atoms with E-state index in [9.17, 15) is 14.7 Å². The van der Waals surface area contributed by atoms with Gasteiger partial charge in [0.1, 0.15) is 18.3 Å². The summed E-state index contributed by atoms with van der Waals surface area (Å²) in [6.45, 7) is 16.4. The molecule has 6 nitrogen and oxygen atoms in total. The molecule has 1 heterocycles. The minimum absolute atomic E-state index is 0.0377. The molecule has 1 aliphatic carbocycles. The molecule has 2 rings (SSSR count). The number of esters is 1. The smallest absolute Gasteiger partial charge is 0.334 e. The van der Waals surface area contributed by atoms with Gasteiger partial charge in [-0.15, -0.1) is 0 Å². The fourth-order valence-corrected chi connectivity index (χ4v) is 4.13. The lowest BCUT2D eigenvalue weighted by Gasteiger charge is -2.40. The molecule has 0 aromatic rings. The summed E-state index contributed by atoms with van der Waals surface area (Å²) in [7, 11) is 0. The van der Waals surface area contributed by atoms with Gasteiger partial charge in [0.25, 0.3) is 0 Å². The second kappa shape index (κ2) is 9.71. The van der Waals surface area contributed by atoms with Crippen molar-refractivity contribution in [1.82, 2.24) is 0 Å². The predicted octanol–water partition coefficient (Wildman–Crippen LogP) is 3.31. The number of hydrogen-bond donors (Lipinski definition) is 1. The summed E-state index contributed by atoms with van der Waals surface area (Å²) in [5.74, 6) is -1.02. The molecule has 1 saturated carbocycles. The molecule has 0 amide bonds. The van der Waals surface area contributed by atoms with Crippen LogP contribution < -0.4 is 0 Å². The fraction of sp³-hybridized carbons (Fsp3) is 0.826. The first-order chi connectivity index (χ1) is 13.5. The van der Waals surface area contributed by atoms with E-state index in [0.717, 1.165) is 0 Å². The molecular formula is C23H38O6. The van der Waals surface area contributed by atoms with Crippen LogP contribution in [0.15, 0.2) is 12.2 Å². The highest BCUT2D eigenvalue weighted by Gasteiger charge is 2.55. The van der Waals surface area contributed by atoms with Crippen molar-refractivity contribution in [2.45, 2.75) is 84.7 Å². The molecule has 6 heteroatoms. The first-order valence-electron chi connectivity index (χ1n) is 10.8. The third-order valence-electron chi connectivity index (χ3n) is 5.80. The van der Waals surface area contributed by atoms with E-state index in [4.69, 9.17) is 14.2 Å². The van der Waals surface area contributed by atoms with Crippen molar-refractivity contribution in [2.75, 3.05) is 13.2 Å². The van der Waals surface area contributed by atoms with Crippen molar-refractivity contribution in [1.29, 1.82) is 0 Å². The van der Waals surface area contributed by atoms with Crippen LogP contribution in [0.4, 0.5) is 0 Å². The SMILES string of the molecule is C=C1C(=O)OC2C1C(OCC(C)C)C(=O)C(C)CCCC(C)(O)C2OCC(C)C. The maximum absolute atomic E-state index is 13.3. The standard InChI is InChI=1S/C23H38O6/c1-13(2)11-27-19-17-16(6)22(25)29-20(17)21(28-12-14(3)4)23(7,26)10-8-9-15(5)18(19)24/h13-15,17,19-21,26H,6,8-12H2,1-5,7H3. The van der Waals surface area contributed by atoms with Crippen LogP contribution in [-0.4, -0.2) is 54.0 Å². The topological polar surface area (TPSA) is 82.1 Å². The van der Waals surface area contributed by atoms with Crippen molar-refractivity contribution in [2.24, 2.45) is 23.7 Å². The second-order valence-electron chi connectivity index (χ2n) is 9.77. The van der Waals surface area contributed by atoms with Gasteiger partial charge in [0.2, 0.25) is 0 Å². The van der Waals surface area contributed by atoms with E-state index >= 15 is 0 Å². The van der Waals surface area contributed by atoms with E-state index in [0.29, 0.717) is 32.5 Å². The van der Waals surface area contributed by atoms with Gasteiger partial charge in [0, 0.05) is 24.7 Å². The van der Waals surface area contributed by atoms with Gasteiger partial charge in [-0.05, 0) is 38.0 Å². The molecule has 2 aliphatic rings. The molecule has 0 aromatic heterocycles. The molecule has 1 N–H and O–H groups in total. The Morgan fingerprint density at radius 3 is 2.34 bits per heavy atom. The normalized spacial score (nSPS) is 36.4. The number of fused-ring (bicyclic) bond motifs is 1. The number of carbonyl (C=O) groups excluding carboxylic acids is 2. The fourth-order valence-electron chi connectivity index (χ4n) is 4.13. The monoisotopic (exact) mass is 410 g/mol. The summed E-state index contributed by atoms with van der Waals surface area (Å²) in [5.41, 5.74) is -0.982. The molecule has 0 spiro atoms. The zero-order valence-electron chi connectivity index (χ0n) is 18.8. The van der Waals surface area contributed by atoms with Gasteiger partial charge >= 0.3 is 5.97 Å². The maximum atomic E-state index is 13.3. The second-order valence-corrected chi connectivity index (χ2v) is 9.77. The van der Waals surface area contributed by atoms with Crippen LogP contribution in [0.25, 0.3) is 0 Å². The number of aliphatic hydroxyl groups is 1.